The number of benzene rings is 2. The Balaban J connectivity index is 1.91. The number of hydrogen-bond donors (Lipinski definition) is 2. The highest BCUT2D eigenvalue weighted by Gasteiger charge is 2.30. The number of nitrogens with one attached hydrogen (secondary N) is 2. The minimum atomic E-state index is -4.84. The van der Waals surface area contributed by atoms with E-state index in [1.54, 1.807) is 4.72 Å². The summed E-state index contributed by atoms with van der Waals surface area (Å²) in [5.41, 5.74) is -2.14. The molecule has 36 heavy (non-hydrogen) atoms. The summed E-state index contributed by atoms with van der Waals surface area (Å²) in [5.74, 6) is -2.43. The van der Waals surface area contributed by atoms with E-state index in [0.717, 1.165) is 23.1 Å². The van der Waals surface area contributed by atoms with Crippen LogP contribution in [0.2, 0.25) is 0 Å². The van der Waals surface area contributed by atoms with Crippen molar-refractivity contribution >= 4 is 33.0 Å². The summed E-state index contributed by atoms with van der Waals surface area (Å²) < 4.78 is 88.9. The third kappa shape index (κ3) is 6.39. The average Bonchev–Trinajstić information content (AvgIpc) is 2.77. The number of nitrogens with zero attached hydrogens (tertiary/aromatic N) is 2. The molecule has 1 heterocycles. The first-order chi connectivity index (χ1) is 16.7. The van der Waals surface area contributed by atoms with Crippen LogP contribution in [0, 0.1) is 5.82 Å². The molecule has 0 unspecified atom stereocenters. The number of fused-ring (bicyclic) bond motifs is 1. The van der Waals surface area contributed by atoms with E-state index >= 15 is 0 Å². The molecule has 0 aliphatic rings. The fourth-order valence-corrected chi connectivity index (χ4v) is 3.71. The van der Waals surface area contributed by atoms with Gasteiger partial charge in [-0.15, -0.1) is 0 Å². The fourth-order valence-electron chi connectivity index (χ4n) is 2.84. The molecule has 0 saturated heterocycles. The van der Waals surface area contributed by atoms with Gasteiger partial charge >= 0.3 is 18.0 Å². The van der Waals surface area contributed by atoms with Crippen LogP contribution in [-0.2, 0) is 16.8 Å². The van der Waals surface area contributed by atoms with Gasteiger partial charge in [0.25, 0.3) is 15.8 Å². The first kappa shape index (κ1) is 26.7. The number of rotatable bonds is 7. The largest absolute Gasteiger partial charge is 0.422 e. The molecule has 1 aromatic heterocycles. The topological polar surface area (TPSA) is 140 Å². The molecule has 194 valence electrons. The standard InChI is InChI=1S/C20H18F4N4O7S/c1-27(2)18(30)34-12-6-7-13-15(8-12)35-19(31)28(17(13)29)9-11-4-3-5-14(16(11)21)26-36(32,33)25-10-20(22,23)24/h3-8,25-26H,9-10H2,1-2H3. The van der Waals surface area contributed by atoms with Crippen LogP contribution < -0.4 is 25.5 Å². The Bertz CT molecular complexity index is 1530. The fraction of sp³-hybridized carbons (Fsp3) is 0.250. The molecule has 16 heteroatoms. The van der Waals surface area contributed by atoms with Crippen LogP contribution in [-0.4, -0.2) is 50.8 Å². The highest BCUT2D eigenvalue weighted by molar-refractivity contribution is 7.90. The summed E-state index contributed by atoms with van der Waals surface area (Å²) in [4.78, 5) is 38.1. The number of alkyl halides is 3. The van der Waals surface area contributed by atoms with Gasteiger partial charge in [-0.3, -0.25) is 9.52 Å². The third-order valence-corrected chi connectivity index (χ3v) is 5.54. The van der Waals surface area contributed by atoms with Gasteiger partial charge in [0.05, 0.1) is 17.6 Å². The van der Waals surface area contributed by atoms with Gasteiger partial charge in [0.2, 0.25) is 0 Å². The lowest BCUT2D eigenvalue weighted by molar-refractivity contribution is -0.121. The maximum absolute atomic E-state index is 14.9. The van der Waals surface area contributed by atoms with Crippen LogP contribution in [0.1, 0.15) is 5.56 Å². The Morgan fingerprint density at radius 1 is 1.17 bits per heavy atom. The summed E-state index contributed by atoms with van der Waals surface area (Å²) in [7, 11) is -1.90. The zero-order valence-electron chi connectivity index (χ0n) is 18.6. The lowest BCUT2D eigenvalue weighted by atomic mass is 10.2. The minimum Gasteiger partial charge on any atom is -0.410 e. The second-order valence-corrected chi connectivity index (χ2v) is 9.00. The number of aromatic nitrogens is 1. The third-order valence-electron chi connectivity index (χ3n) is 4.53. The quantitative estimate of drug-likeness (QED) is 0.442. The highest BCUT2D eigenvalue weighted by Crippen LogP contribution is 2.21. The Morgan fingerprint density at radius 3 is 2.50 bits per heavy atom. The number of hydrogen-bond acceptors (Lipinski definition) is 7. The summed E-state index contributed by atoms with van der Waals surface area (Å²) in [6.07, 6.45) is -5.56. The average molecular weight is 534 g/mol. The van der Waals surface area contributed by atoms with E-state index in [-0.39, 0.29) is 22.3 Å². The first-order valence-electron chi connectivity index (χ1n) is 9.85. The van der Waals surface area contributed by atoms with Crippen molar-refractivity contribution in [2.24, 2.45) is 0 Å². The van der Waals surface area contributed by atoms with Crippen molar-refractivity contribution in [1.82, 2.24) is 14.2 Å². The van der Waals surface area contributed by atoms with Gasteiger partial charge in [-0.25, -0.2) is 18.5 Å². The number of halogens is 4. The molecule has 2 N–H and O–H groups in total. The van der Waals surface area contributed by atoms with Crippen molar-refractivity contribution in [1.29, 1.82) is 0 Å². The molecule has 0 saturated carbocycles. The smallest absolute Gasteiger partial charge is 0.410 e. The predicted octanol–water partition coefficient (Wildman–Crippen LogP) is 2.01. The van der Waals surface area contributed by atoms with E-state index in [1.165, 1.54) is 37.0 Å². The van der Waals surface area contributed by atoms with Crippen molar-refractivity contribution in [3.8, 4) is 5.75 Å². The van der Waals surface area contributed by atoms with Crippen molar-refractivity contribution < 1.29 is 39.9 Å². The Morgan fingerprint density at radius 2 is 1.86 bits per heavy atom. The van der Waals surface area contributed by atoms with E-state index in [2.05, 4.69) is 0 Å². The van der Waals surface area contributed by atoms with E-state index in [4.69, 9.17) is 9.15 Å². The molecule has 3 rings (SSSR count). The molecule has 0 atom stereocenters. The summed E-state index contributed by atoms with van der Waals surface area (Å²) in [5, 5.41) is -0.104. The molecule has 2 aromatic carbocycles. The van der Waals surface area contributed by atoms with Gasteiger partial charge in [0, 0.05) is 25.7 Å². The zero-order chi connectivity index (χ0) is 26.8. The van der Waals surface area contributed by atoms with E-state index in [0.29, 0.717) is 4.57 Å². The van der Waals surface area contributed by atoms with Gasteiger partial charge in [-0.1, -0.05) is 12.1 Å². The van der Waals surface area contributed by atoms with E-state index < -0.39 is 58.4 Å². The van der Waals surface area contributed by atoms with Crippen LogP contribution in [0.25, 0.3) is 11.0 Å². The molecule has 3 aromatic rings. The first-order valence-corrected chi connectivity index (χ1v) is 11.3. The maximum Gasteiger partial charge on any atom is 0.422 e. The molecular formula is C20H18F4N4O7S. The second-order valence-electron chi connectivity index (χ2n) is 7.50. The normalized spacial score (nSPS) is 11.9. The number of carbonyl (C=O) groups excluding carboxylic acids is 1. The Kier molecular flexibility index (Phi) is 7.40. The molecule has 1 amide bonds. The minimum absolute atomic E-state index is 0.00772. The van der Waals surface area contributed by atoms with Crippen molar-refractivity contribution in [2.45, 2.75) is 12.7 Å². The van der Waals surface area contributed by atoms with Crippen LogP contribution in [0.4, 0.5) is 28.0 Å². The Labute approximate surface area is 200 Å². The molecule has 0 radical (unpaired) electrons. The van der Waals surface area contributed by atoms with Crippen LogP contribution in [0.5, 0.6) is 5.75 Å². The molecular weight excluding hydrogens is 516 g/mol. The number of ether oxygens (including phenoxy) is 1. The van der Waals surface area contributed by atoms with Gasteiger partial charge in [-0.2, -0.15) is 26.3 Å². The summed E-state index contributed by atoms with van der Waals surface area (Å²) in [6.45, 7) is -2.57. The number of anilines is 1. The van der Waals surface area contributed by atoms with Gasteiger partial charge in [0.1, 0.15) is 17.9 Å². The van der Waals surface area contributed by atoms with Crippen molar-refractivity contribution in [2.75, 3.05) is 25.4 Å². The van der Waals surface area contributed by atoms with E-state index in [1.807, 2.05) is 0 Å². The molecule has 0 aliphatic carbocycles. The maximum atomic E-state index is 14.9. The predicted molar refractivity (Wildman–Crippen MR) is 119 cm³/mol. The molecule has 0 bridgehead atoms. The van der Waals surface area contributed by atoms with Crippen LogP contribution in [0.3, 0.4) is 0 Å². The molecule has 11 nitrogen and oxygen atoms in total. The molecule has 0 fully saturated rings. The molecule has 0 aliphatic heterocycles. The van der Waals surface area contributed by atoms with Crippen LogP contribution >= 0.6 is 0 Å². The SMILES string of the molecule is CN(C)C(=O)Oc1ccc2c(=O)n(Cc3cccc(NS(=O)(=O)NCC(F)(F)F)c3F)c(=O)oc2c1. The van der Waals surface area contributed by atoms with Crippen molar-refractivity contribution in [3.63, 3.8) is 0 Å². The number of carbonyl (C=O) groups is 1. The summed E-state index contributed by atoms with van der Waals surface area (Å²) in [6, 6.07) is 6.89. The Hall–Kier alpha value is -3.92. The molecule has 0 spiro atoms. The van der Waals surface area contributed by atoms with Gasteiger partial charge in [-0.05, 0) is 18.2 Å². The highest BCUT2D eigenvalue weighted by atomic mass is 32.2. The van der Waals surface area contributed by atoms with E-state index in [9.17, 15) is 40.4 Å². The number of amides is 1. The lowest BCUT2D eigenvalue weighted by Gasteiger charge is -2.13. The monoisotopic (exact) mass is 534 g/mol. The summed E-state index contributed by atoms with van der Waals surface area (Å²) >= 11 is 0. The second kappa shape index (κ2) is 9.98. The van der Waals surface area contributed by atoms with Gasteiger partial charge < -0.3 is 14.1 Å². The lowest BCUT2D eigenvalue weighted by Crippen LogP contribution is -2.37. The van der Waals surface area contributed by atoms with Crippen molar-refractivity contribution in [3.05, 3.63) is 68.7 Å². The zero-order valence-corrected chi connectivity index (χ0v) is 19.4. The van der Waals surface area contributed by atoms with Gasteiger partial charge in [0.15, 0.2) is 5.82 Å². The van der Waals surface area contributed by atoms with Crippen LogP contribution in [0.15, 0.2) is 50.4 Å².